The number of nitrogens with one attached hydrogen (secondary N) is 3. The van der Waals surface area contributed by atoms with Crippen LogP contribution in [0.1, 0.15) is 12.8 Å². The summed E-state index contributed by atoms with van der Waals surface area (Å²) in [5, 5.41) is 5.35. The number of anilines is 2. The third-order valence-corrected chi connectivity index (χ3v) is 8.28. The van der Waals surface area contributed by atoms with Crippen LogP contribution in [0, 0.1) is 5.92 Å². The van der Waals surface area contributed by atoms with Crippen LogP contribution in [0.4, 0.5) is 11.4 Å². The fourth-order valence-electron chi connectivity index (χ4n) is 6.16. The molecule has 186 valence electrons. The molecule has 0 spiro atoms. The first kappa shape index (κ1) is 22.2. The standard InChI is InChI=1S/C27H29ClN6O2/c28-17-4-5-19-18(14-17)24(29-21-15-33-8-6-16(21)7-9-33)23(27(35)31-19)26-30-20-2-1-3-22(25(20)32-26)34-10-12-36-13-11-34/h1-5,14,16,21H,6-13,15H2,(H,30,32)(H2,29,31,35)/t21-/m1/s1. The molecule has 0 amide bonds. The number of nitrogens with zero attached hydrogens (tertiary/aromatic N) is 3. The molecule has 8 rings (SSSR count). The number of para-hydroxylation sites is 1. The summed E-state index contributed by atoms with van der Waals surface area (Å²) in [4.78, 5) is 29.9. The number of pyridine rings is 1. The van der Waals surface area contributed by atoms with Gasteiger partial charge in [0.05, 0.1) is 41.1 Å². The lowest BCUT2D eigenvalue weighted by Crippen LogP contribution is -2.53. The molecule has 2 aromatic carbocycles. The molecule has 0 aliphatic carbocycles. The summed E-state index contributed by atoms with van der Waals surface area (Å²) in [5.74, 6) is 1.16. The Bertz CT molecular complexity index is 1500. The number of halogens is 1. The maximum absolute atomic E-state index is 13.6. The number of hydrogen-bond donors (Lipinski definition) is 3. The molecule has 2 bridgehead atoms. The molecule has 4 aliphatic heterocycles. The van der Waals surface area contributed by atoms with E-state index >= 15 is 0 Å². The molecular formula is C27H29ClN6O2. The number of piperidine rings is 3. The Kier molecular flexibility index (Phi) is 5.41. The summed E-state index contributed by atoms with van der Waals surface area (Å²) in [7, 11) is 0. The van der Waals surface area contributed by atoms with Gasteiger partial charge in [-0.1, -0.05) is 17.7 Å². The zero-order valence-corrected chi connectivity index (χ0v) is 20.8. The van der Waals surface area contributed by atoms with E-state index in [0.29, 0.717) is 35.5 Å². The summed E-state index contributed by atoms with van der Waals surface area (Å²) in [6.45, 7) is 6.37. The minimum Gasteiger partial charge on any atom is -0.379 e. The van der Waals surface area contributed by atoms with Crippen molar-refractivity contribution in [1.29, 1.82) is 0 Å². The molecule has 8 nitrogen and oxygen atoms in total. The van der Waals surface area contributed by atoms with Crippen LogP contribution in [0.2, 0.25) is 5.02 Å². The van der Waals surface area contributed by atoms with Crippen LogP contribution >= 0.6 is 11.6 Å². The van der Waals surface area contributed by atoms with Crippen LogP contribution in [0.5, 0.6) is 0 Å². The fourth-order valence-corrected chi connectivity index (χ4v) is 6.33. The maximum Gasteiger partial charge on any atom is 0.261 e. The van der Waals surface area contributed by atoms with E-state index in [9.17, 15) is 4.79 Å². The fraction of sp³-hybridized carbons (Fsp3) is 0.407. The predicted molar refractivity (Wildman–Crippen MR) is 144 cm³/mol. The van der Waals surface area contributed by atoms with E-state index in [0.717, 1.165) is 66.0 Å². The minimum absolute atomic E-state index is 0.166. The van der Waals surface area contributed by atoms with Crippen LogP contribution in [-0.4, -0.2) is 71.8 Å². The Morgan fingerprint density at radius 2 is 1.89 bits per heavy atom. The minimum atomic E-state index is -0.166. The van der Waals surface area contributed by atoms with Crippen LogP contribution in [-0.2, 0) is 4.74 Å². The molecular weight excluding hydrogens is 476 g/mol. The number of ether oxygens (including phenoxy) is 1. The highest BCUT2D eigenvalue weighted by atomic mass is 35.5. The normalized spacial score (nSPS) is 24.0. The molecule has 36 heavy (non-hydrogen) atoms. The van der Waals surface area contributed by atoms with Crippen molar-refractivity contribution in [2.24, 2.45) is 5.92 Å². The number of H-pyrrole nitrogens is 2. The molecule has 0 saturated carbocycles. The highest BCUT2D eigenvalue weighted by Crippen LogP contribution is 2.37. The zero-order valence-electron chi connectivity index (χ0n) is 20.0. The van der Waals surface area contributed by atoms with Crippen LogP contribution < -0.4 is 15.8 Å². The molecule has 4 aromatic rings. The van der Waals surface area contributed by atoms with Gasteiger partial charge >= 0.3 is 0 Å². The molecule has 3 N–H and O–H groups in total. The number of aromatic nitrogens is 3. The maximum atomic E-state index is 13.6. The molecule has 4 aliphatic rings. The van der Waals surface area contributed by atoms with Crippen LogP contribution in [0.25, 0.3) is 33.3 Å². The van der Waals surface area contributed by atoms with E-state index in [2.05, 4.69) is 31.2 Å². The number of aromatic amines is 2. The van der Waals surface area contributed by atoms with Crippen molar-refractivity contribution in [3.63, 3.8) is 0 Å². The van der Waals surface area contributed by atoms with E-state index < -0.39 is 0 Å². The monoisotopic (exact) mass is 504 g/mol. The third-order valence-electron chi connectivity index (χ3n) is 8.05. The van der Waals surface area contributed by atoms with Crippen LogP contribution in [0.15, 0.2) is 41.2 Å². The molecule has 0 unspecified atom stereocenters. The van der Waals surface area contributed by atoms with Gasteiger partial charge in [-0.3, -0.25) is 4.79 Å². The second-order valence-electron chi connectivity index (χ2n) is 10.1. The Morgan fingerprint density at radius 3 is 2.67 bits per heavy atom. The van der Waals surface area contributed by atoms with Crippen molar-refractivity contribution in [3.05, 3.63) is 51.8 Å². The van der Waals surface area contributed by atoms with Crippen molar-refractivity contribution in [1.82, 2.24) is 19.9 Å². The van der Waals surface area contributed by atoms with Gasteiger partial charge in [-0.2, -0.15) is 0 Å². The average Bonchev–Trinajstić information content (AvgIpc) is 3.34. The Balaban J connectivity index is 1.39. The number of imidazole rings is 1. The lowest BCUT2D eigenvalue weighted by molar-refractivity contribution is 0.0976. The molecule has 1 atom stereocenters. The van der Waals surface area contributed by atoms with E-state index in [1.54, 1.807) is 0 Å². The Labute approximate surface area is 213 Å². The van der Waals surface area contributed by atoms with Gasteiger partial charge in [0.2, 0.25) is 0 Å². The van der Waals surface area contributed by atoms with Crippen LogP contribution in [0.3, 0.4) is 0 Å². The highest BCUT2D eigenvalue weighted by molar-refractivity contribution is 6.31. The smallest absolute Gasteiger partial charge is 0.261 e. The van der Waals surface area contributed by atoms with Gasteiger partial charge in [-0.25, -0.2) is 4.98 Å². The van der Waals surface area contributed by atoms with Gasteiger partial charge in [-0.15, -0.1) is 0 Å². The average molecular weight is 505 g/mol. The third kappa shape index (κ3) is 3.75. The summed E-state index contributed by atoms with van der Waals surface area (Å²) in [5.41, 5.74) is 4.80. The van der Waals surface area contributed by atoms with Crippen molar-refractivity contribution < 1.29 is 4.74 Å². The highest BCUT2D eigenvalue weighted by Gasteiger charge is 2.35. The Morgan fingerprint density at radius 1 is 1.06 bits per heavy atom. The second kappa shape index (κ2) is 8.80. The van der Waals surface area contributed by atoms with E-state index in [1.807, 2.05) is 30.3 Å². The molecule has 9 heteroatoms. The first-order valence-corrected chi connectivity index (χ1v) is 13.2. The van der Waals surface area contributed by atoms with Gasteiger partial charge in [0.15, 0.2) is 0 Å². The second-order valence-corrected chi connectivity index (χ2v) is 10.6. The summed E-state index contributed by atoms with van der Waals surface area (Å²) in [6, 6.07) is 12.0. The molecule has 2 aromatic heterocycles. The molecule has 4 fully saturated rings. The van der Waals surface area contributed by atoms with Gasteiger partial charge in [-0.05, 0) is 62.2 Å². The topological polar surface area (TPSA) is 89.3 Å². The number of hydrogen-bond acceptors (Lipinski definition) is 6. The number of morpholine rings is 1. The number of fused-ring (bicyclic) bond motifs is 5. The van der Waals surface area contributed by atoms with Gasteiger partial charge in [0, 0.05) is 36.1 Å². The van der Waals surface area contributed by atoms with E-state index in [1.165, 1.54) is 12.8 Å². The summed E-state index contributed by atoms with van der Waals surface area (Å²) >= 11 is 6.44. The molecule has 4 saturated heterocycles. The lowest BCUT2D eigenvalue weighted by atomic mass is 9.83. The zero-order chi connectivity index (χ0) is 24.2. The largest absolute Gasteiger partial charge is 0.379 e. The van der Waals surface area contributed by atoms with Gasteiger partial charge in [0.1, 0.15) is 11.4 Å². The van der Waals surface area contributed by atoms with Crippen molar-refractivity contribution in [2.45, 2.75) is 18.9 Å². The number of rotatable bonds is 4. The van der Waals surface area contributed by atoms with Gasteiger partial charge < -0.3 is 29.8 Å². The van der Waals surface area contributed by atoms with Crippen molar-refractivity contribution >= 4 is 44.9 Å². The molecule has 0 radical (unpaired) electrons. The molecule has 6 heterocycles. The first-order chi connectivity index (χ1) is 17.6. The lowest BCUT2D eigenvalue weighted by Gasteiger charge is -2.45. The predicted octanol–water partition coefficient (Wildman–Crippen LogP) is 4.07. The first-order valence-electron chi connectivity index (χ1n) is 12.8. The summed E-state index contributed by atoms with van der Waals surface area (Å²) in [6.07, 6.45) is 2.37. The van der Waals surface area contributed by atoms with E-state index in [4.69, 9.17) is 21.3 Å². The number of benzene rings is 2. The Hall–Kier alpha value is -3.07. The SMILES string of the molecule is O=c1[nH]c2ccc(Cl)cc2c(N[C@@H]2CN3CCC2CC3)c1-c1nc2cccc(N3CCOCC3)c2[nH]1. The van der Waals surface area contributed by atoms with E-state index in [-0.39, 0.29) is 11.6 Å². The quantitative estimate of drug-likeness (QED) is 0.388. The van der Waals surface area contributed by atoms with Crippen molar-refractivity contribution in [3.8, 4) is 11.4 Å². The summed E-state index contributed by atoms with van der Waals surface area (Å²) < 4.78 is 5.55. The van der Waals surface area contributed by atoms with Crippen molar-refractivity contribution in [2.75, 3.05) is 56.2 Å². The van der Waals surface area contributed by atoms with Gasteiger partial charge in [0.25, 0.3) is 5.56 Å².